The highest BCUT2D eigenvalue weighted by molar-refractivity contribution is 6.30. The highest BCUT2D eigenvalue weighted by atomic mass is 35.5. The van der Waals surface area contributed by atoms with Gasteiger partial charge in [0, 0.05) is 16.8 Å². The highest BCUT2D eigenvalue weighted by Crippen LogP contribution is 2.41. The number of hydrogen-bond donors (Lipinski definition) is 0. The number of pyridine rings is 1. The molecule has 2 aromatic carbocycles. The van der Waals surface area contributed by atoms with Crippen LogP contribution >= 0.6 is 11.6 Å². The van der Waals surface area contributed by atoms with Crippen LogP contribution in [0.3, 0.4) is 0 Å². The summed E-state index contributed by atoms with van der Waals surface area (Å²) in [5.41, 5.74) is 3.62. The molecule has 4 aromatic rings. The number of benzene rings is 2. The lowest BCUT2D eigenvalue weighted by atomic mass is 10.1. The van der Waals surface area contributed by atoms with Crippen LogP contribution in [0.4, 0.5) is 0 Å². The van der Waals surface area contributed by atoms with Crippen molar-refractivity contribution >= 4 is 17.2 Å². The molecular weight excluding hydrogens is 378 g/mol. The van der Waals surface area contributed by atoms with Gasteiger partial charge in [0.05, 0.1) is 21.3 Å². The third kappa shape index (κ3) is 3.12. The van der Waals surface area contributed by atoms with Crippen molar-refractivity contribution in [2.45, 2.75) is 0 Å². The number of fused-ring (bicyclic) bond motifs is 1. The van der Waals surface area contributed by atoms with E-state index in [-0.39, 0.29) is 0 Å². The molecule has 0 atom stereocenters. The number of ether oxygens (including phenoxy) is 3. The number of aromatic nitrogens is 3. The minimum atomic E-state index is 0.532. The molecule has 0 bridgehead atoms. The Morgan fingerprint density at radius 3 is 2.00 bits per heavy atom. The van der Waals surface area contributed by atoms with Crippen molar-refractivity contribution in [2.24, 2.45) is 0 Å². The summed E-state index contributed by atoms with van der Waals surface area (Å²) >= 11 is 6.00. The molecule has 0 spiro atoms. The molecule has 7 heteroatoms. The predicted octanol–water partition coefficient (Wildman–Crippen LogP) is 4.74. The van der Waals surface area contributed by atoms with E-state index in [4.69, 9.17) is 25.8 Å². The summed E-state index contributed by atoms with van der Waals surface area (Å²) in [5, 5.41) is 9.34. The van der Waals surface area contributed by atoms with E-state index in [0.717, 1.165) is 22.3 Å². The minimum Gasteiger partial charge on any atom is -0.493 e. The summed E-state index contributed by atoms with van der Waals surface area (Å²) in [6.07, 6.45) is 2.00. The van der Waals surface area contributed by atoms with E-state index in [1.807, 2.05) is 59.1 Å². The highest BCUT2D eigenvalue weighted by Gasteiger charge is 2.17. The van der Waals surface area contributed by atoms with Crippen molar-refractivity contribution in [3.8, 4) is 39.8 Å². The molecule has 0 aliphatic carbocycles. The van der Waals surface area contributed by atoms with Gasteiger partial charge in [-0.25, -0.2) is 0 Å². The zero-order chi connectivity index (χ0) is 19.7. The Kier molecular flexibility index (Phi) is 4.79. The van der Waals surface area contributed by atoms with Crippen molar-refractivity contribution in [1.29, 1.82) is 0 Å². The molecular formula is C21H18ClN3O3. The molecule has 2 heterocycles. The molecule has 0 radical (unpaired) electrons. The molecule has 0 aliphatic rings. The first-order valence-corrected chi connectivity index (χ1v) is 8.93. The van der Waals surface area contributed by atoms with Crippen molar-refractivity contribution in [3.05, 3.63) is 59.8 Å². The average Bonchev–Trinajstić information content (AvgIpc) is 3.16. The fourth-order valence-corrected chi connectivity index (χ4v) is 3.24. The van der Waals surface area contributed by atoms with E-state index >= 15 is 0 Å². The topological polar surface area (TPSA) is 57.9 Å². The molecule has 28 heavy (non-hydrogen) atoms. The van der Waals surface area contributed by atoms with E-state index in [9.17, 15) is 0 Å². The number of halogens is 1. The van der Waals surface area contributed by atoms with Gasteiger partial charge in [0.15, 0.2) is 23.0 Å². The van der Waals surface area contributed by atoms with Crippen LogP contribution in [0.15, 0.2) is 54.7 Å². The fourth-order valence-electron chi connectivity index (χ4n) is 3.11. The largest absolute Gasteiger partial charge is 0.493 e. The van der Waals surface area contributed by atoms with Gasteiger partial charge in [0.2, 0.25) is 5.75 Å². The standard InChI is InChI=1S/C21H18ClN3O3/c1-26-17-10-15(11-18(27-2)20(17)28-3)21-24-23-19-9-6-14(12-25(19)21)13-4-7-16(22)8-5-13/h4-12H,1-3H3. The van der Waals surface area contributed by atoms with E-state index in [1.165, 1.54) is 0 Å². The van der Waals surface area contributed by atoms with Gasteiger partial charge in [0.1, 0.15) is 0 Å². The Morgan fingerprint density at radius 1 is 0.750 bits per heavy atom. The first kappa shape index (κ1) is 18.1. The van der Waals surface area contributed by atoms with E-state index in [2.05, 4.69) is 10.2 Å². The van der Waals surface area contributed by atoms with Crippen LogP contribution in [0.2, 0.25) is 5.02 Å². The Labute approximate surface area is 167 Å². The first-order chi connectivity index (χ1) is 13.6. The molecule has 6 nitrogen and oxygen atoms in total. The second kappa shape index (κ2) is 7.40. The van der Waals surface area contributed by atoms with Crippen LogP contribution in [-0.2, 0) is 0 Å². The number of rotatable bonds is 5. The quantitative estimate of drug-likeness (QED) is 0.488. The number of nitrogens with zero attached hydrogens (tertiary/aromatic N) is 3. The van der Waals surface area contributed by atoms with Gasteiger partial charge in [-0.3, -0.25) is 4.40 Å². The summed E-state index contributed by atoms with van der Waals surface area (Å²) in [6.45, 7) is 0. The van der Waals surface area contributed by atoms with Crippen molar-refractivity contribution in [2.75, 3.05) is 21.3 Å². The smallest absolute Gasteiger partial charge is 0.203 e. The van der Waals surface area contributed by atoms with Crippen LogP contribution in [0, 0.1) is 0 Å². The Morgan fingerprint density at radius 2 is 1.39 bits per heavy atom. The average molecular weight is 396 g/mol. The summed E-state index contributed by atoms with van der Waals surface area (Å²) in [7, 11) is 4.74. The summed E-state index contributed by atoms with van der Waals surface area (Å²) in [4.78, 5) is 0. The van der Waals surface area contributed by atoms with Crippen LogP contribution < -0.4 is 14.2 Å². The zero-order valence-electron chi connectivity index (χ0n) is 15.6. The maximum absolute atomic E-state index is 6.00. The first-order valence-electron chi connectivity index (χ1n) is 8.55. The van der Waals surface area contributed by atoms with Gasteiger partial charge < -0.3 is 14.2 Å². The third-order valence-electron chi connectivity index (χ3n) is 4.50. The van der Waals surface area contributed by atoms with Crippen LogP contribution in [0.5, 0.6) is 17.2 Å². The molecule has 0 aliphatic heterocycles. The minimum absolute atomic E-state index is 0.532. The van der Waals surface area contributed by atoms with Gasteiger partial charge in [0.25, 0.3) is 0 Å². The summed E-state index contributed by atoms with van der Waals surface area (Å²) in [5.74, 6) is 2.32. The second-order valence-corrected chi connectivity index (χ2v) is 6.53. The van der Waals surface area contributed by atoms with E-state index < -0.39 is 0 Å². The van der Waals surface area contributed by atoms with Gasteiger partial charge in [-0.05, 0) is 47.5 Å². The molecule has 0 N–H and O–H groups in total. The monoisotopic (exact) mass is 395 g/mol. The lowest BCUT2D eigenvalue weighted by molar-refractivity contribution is 0.324. The molecule has 0 amide bonds. The molecule has 142 valence electrons. The van der Waals surface area contributed by atoms with Gasteiger partial charge in [-0.1, -0.05) is 23.7 Å². The van der Waals surface area contributed by atoms with Gasteiger partial charge >= 0.3 is 0 Å². The Hall–Kier alpha value is -3.25. The van der Waals surface area contributed by atoms with Crippen LogP contribution in [-0.4, -0.2) is 35.9 Å². The molecule has 2 aromatic heterocycles. The molecule has 0 unspecified atom stereocenters. The normalized spacial score (nSPS) is 10.9. The number of hydrogen-bond acceptors (Lipinski definition) is 5. The third-order valence-corrected chi connectivity index (χ3v) is 4.75. The summed E-state index contributed by atoms with van der Waals surface area (Å²) < 4.78 is 18.3. The van der Waals surface area contributed by atoms with E-state index in [1.54, 1.807) is 21.3 Å². The SMILES string of the molecule is COc1cc(-c2nnc3ccc(-c4ccc(Cl)cc4)cn23)cc(OC)c1OC. The maximum Gasteiger partial charge on any atom is 0.203 e. The second-order valence-electron chi connectivity index (χ2n) is 6.09. The van der Waals surface area contributed by atoms with Crippen molar-refractivity contribution in [1.82, 2.24) is 14.6 Å². The molecule has 0 fully saturated rings. The van der Waals surface area contributed by atoms with Gasteiger partial charge in [-0.15, -0.1) is 10.2 Å². The molecule has 0 saturated carbocycles. The van der Waals surface area contributed by atoms with Gasteiger partial charge in [-0.2, -0.15) is 0 Å². The zero-order valence-corrected chi connectivity index (χ0v) is 16.4. The number of methoxy groups -OCH3 is 3. The predicted molar refractivity (Wildman–Crippen MR) is 109 cm³/mol. The lowest BCUT2D eigenvalue weighted by Crippen LogP contribution is -1.97. The Balaban J connectivity index is 1.87. The van der Waals surface area contributed by atoms with Crippen LogP contribution in [0.1, 0.15) is 0 Å². The Bertz CT molecular complexity index is 1110. The van der Waals surface area contributed by atoms with E-state index in [0.29, 0.717) is 28.1 Å². The fraction of sp³-hybridized carbons (Fsp3) is 0.143. The van der Waals surface area contributed by atoms with Crippen molar-refractivity contribution in [3.63, 3.8) is 0 Å². The molecule has 4 rings (SSSR count). The summed E-state index contributed by atoms with van der Waals surface area (Å²) in [6, 6.07) is 15.3. The molecule has 0 saturated heterocycles. The van der Waals surface area contributed by atoms with Crippen molar-refractivity contribution < 1.29 is 14.2 Å². The van der Waals surface area contributed by atoms with Crippen LogP contribution in [0.25, 0.3) is 28.2 Å². The maximum atomic E-state index is 6.00. The lowest BCUT2D eigenvalue weighted by Gasteiger charge is -2.13.